The van der Waals surface area contributed by atoms with Gasteiger partial charge in [-0.25, -0.2) is 9.97 Å². The standard InChI is InChI=1S/C48H42N4/c1-3-33-25-36-24-32(2)27-48(28-33,29-36)44-22-20-40(21-23-44)38-14-12-37(13-15-38)39-16-18-43(19-17-39)47-51-45(41-8-4-34(30-49)5-9-41)26-46(52-47)42-10-6-35(31-50)7-11-42/h4-23,26,32-33,36H,3,24-25,27-29H2,1-2H3/t32-,33+,36-,48?/m0/s1. The molecule has 0 aliphatic heterocycles. The molecule has 2 saturated carbocycles. The summed E-state index contributed by atoms with van der Waals surface area (Å²) in [7, 11) is 0. The van der Waals surface area contributed by atoms with Crippen LogP contribution in [0.15, 0.2) is 127 Å². The molecule has 1 aromatic heterocycles. The number of benzene rings is 5. The van der Waals surface area contributed by atoms with E-state index in [4.69, 9.17) is 9.97 Å². The number of hydrogen-bond donors (Lipinski definition) is 0. The third-order valence-corrected chi connectivity index (χ3v) is 11.6. The van der Waals surface area contributed by atoms with E-state index >= 15 is 0 Å². The van der Waals surface area contributed by atoms with Crippen LogP contribution in [-0.2, 0) is 5.41 Å². The molecular weight excluding hydrogens is 633 g/mol. The van der Waals surface area contributed by atoms with E-state index in [0.29, 0.717) is 22.4 Å². The van der Waals surface area contributed by atoms with Gasteiger partial charge in [0.25, 0.3) is 0 Å². The molecule has 254 valence electrons. The average molecular weight is 675 g/mol. The second-order valence-corrected chi connectivity index (χ2v) is 15.2. The SMILES string of the molecule is CC[C@@H]1C[C@@H]2C[C@H](C)CC(c3ccc(-c4ccc(-c5ccc(-c6nc(-c7ccc(C#N)cc7)cc(-c7ccc(C#N)cc7)n6)cc5)cc4)cc3)(C1)C2. The summed E-state index contributed by atoms with van der Waals surface area (Å²) in [6, 6.07) is 48.0. The first-order valence-corrected chi connectivity index (χ1v) is 18.6. The summed E-state index contributed by atoms with van der Waals surface area (Å²) < 4.78 is 0. The minimum absolute atomic E-state index is 0.358. The van der Waals surface area contributed by atoms with Gasteiger partial charge < -0.3 is 0 Å². The van der Waals surface area contributed by atoms with E-state index in [2.05, 4.69) is 98.8 Å². The van der Waals surface area contributed by atoms with E-state index in [1.165, 1.54) is 49.7 Å². The van der Waals surface area contributed by atoms with Crippen LogP contribution in [0.25, 0.3) is 56.2 Å². The highest BCUT2D eigenvalue weighted by molar-refractivity contribution is 5.75. The molecule has 1 unspecified atom stereocenters. The summed E-state index contributed by atoms with van der Waals surface area (Å²) in [5.41, 5.74) is 12.1. The molecule has 4 atom stereocenters. The highest BCUT2D eigenvalue weighted by Gasteiger charge is 2.45. The predicted octanol–water partition coefficient (Wildman–Crippen LogP) is 12.0. The second kappa shape index (κ2) is 14.1. The molecule has 0 amide bonds. The molecule has 4 nitrogen and oxygen atoms in total. The summed E-state index contributed by atoms with van der Waals surface area (Å²) in [5.74, 6) is 3.19. The van der Waals surface area contributed by atoms with Crippen molar-refractivity contribution in [1.29, 1.82) is 10.5 Å². The zero-order valence-electron chi connectivity index (χ0n) is 29.9. The fourth-order valence-electron chi connectivity index (χ4n) is 9.14. The number of hydrogen-bond acceptors (Lipinski definition) is 4. The maximum Gasteiger partial charge on any atom is 0.160 e. The van der Waals surface area contributed by atoms with Gasteiger partial charge in [0.1, 0.15) is 0 Å². The van der Waals surface area contributed by atoms with Crippen LogP contribution in [0, 0.1) is 40.4 Å². The van der Waals surface area contributed by atoms with Crippen LogP contribution in [0.5, 0.6) is 0 Å². The Balaban J connectivity index is 1.04. The van der Waals surface area contributed by atoms with Crippen LogP contribution in [0.3, 0.4) is 0 Å². The van der Waals surface area contributed by atoms with Gasteiger partial charge >= 0.3 is 0 Å². The van der Waals surface area contributed by atoms with Crippen molar-refractivity contribution in [2.45, 2.75) is 57.8 Å². The van der Waals surface area contributed by atoms with Gasteiger partial charge in [-0.1, -0.05) is 117 Å². The van der Waals surface area contributed by atoms with E-state index in [1.807, 2.05) is 30.3 Å². The van der Waals surface area contributed by atoms with Crippen LogP contribution in [0.2, 0.25) is 0 Å². The number of aromatic nitrogens is 2. The lowest BCUT2D eigenvalue weighted by atomic mass is 9.54. The summed E-state index contributed by atoms with van der Waals surface area (Å²) in [6.07, 6.45) is 8.20. The first kappa shape index (κ1) is 33.3. The molecule has 2 aliphatic rings. The van der Waals surface area contributed by atoms with Crippen LogP contribution < -0.4 is 0 Å². The summed E-state index contributed by atoms with van der Waals surface area (Å²) in [5, 5.41) is 18.6. The molecule has 8 rings (SSSR count). The van der Waals surface area contributed by atoms with E-state index < -0.39 is 0 Å². The van der Waals surface area contributed by atoms with Crippen molar-refractivity contribution in [1.82, 2.24) is 9.97 Å². The Kier molecular flexibility index (Phi) is 9.00. The van der Waals surface area contributed by atoms with Gasteiger partial charge in [-0.15, -0.1) is 0 Å². The highest BCUT2D eigenvalue weighted by Crippen LogP contribution is 2.54. The van der Waals surface area contributed by atoms with Crippen molar-refractivity contribution < 1.29 is 0 Å². The molecule has 0 radical (unpaired) electrons. The molecule has 2 aliphatic carbocycles. The van der Waals surface area contributed by atoms with Crippen molar-refractivity contribution in [2.75, 3.05) is 0 Å². The third-order valence-electron chi connectivity index (χ3n) is 11.6. The van der Waals surface area contributed by atoms with Gasteiger partial charge in [0.15, 0.2) is 5.82 Å². The summed E-state index contributed by atoms with van der Waals surface area (Å²) >= 11 is 0. The lowest BCUT2D eigenvalue weighted by Gasteiger charge is -2.51. The van der Waals surface area contributed by atoms with Gasteiger partial charge in [-0.3, -0.25) is 0 Å². The largest absolute Gasteiger partial charge is 0.228 e. The fraction of sp³-hybridized carbons (Fsp3) is 0.250. The lowest BCUT2D eigenvalue weighted by molar-refractivity contribution is 0.0702. The summed E-state index contributed by atoms with van der Waals surface area (Å²) in [6.45, 7) is 4.85. The fourth-order valence-corrected chi connectivity index (χ4v) is 9.14. The van der Waals surface area contributed by atoms with Crippen molar-refractivity contribution in [3.05, 3.63) is 144 Å². The molecule has 2 bridgehead atoms. The molecule has 2 fully saturated rings. The van der Waals surface area contributed by atoms with Crippen LogP contribution in [0.1, 0.15) is 69.1 Å². The average Bonchev–Trinajstić information content (AvgIpc) is 3.20. The molecule has 1 heterocycles. The Labute approximate surface area is 307 Å². The molecule has 0 N–H and O–H groups in total. The number of rotatable bonds is 7. The molecule has 5 aromatic carbocycles. The first-order chi connectivity index (χ1) is 25.4. The minimum atomic E-state index is 0.358. The molecule has 0 spiro atoms. The van der Waals surface area contributed by atoms with Crippen molar-refractivity contribution in [2.24, 2.45) is 17.8 Å². The predicted molar refractivity (Wildman–Crippen MR) is 210 cm³/mol. The Morgan fingerprint density at radius 3 is 1.46 bits per heavy atom. The molecule has 4 heteroatoms. The lowest BCUT2D eigenvalue weighted by Crippen LogP contribution is -2.42. The Hall–Kier alpha value is -5.84. The van der Waals surface area contributed by atoms with Crippen LogP contribution >= 0.6 is 0 Å². The number of nitriles is 2. The Morgan fingerprint density at radius 1 is 0.558 bits per heavy atom. The number of fused-ring (bicyclic) bond motifs is 2. The van der Waals surface area contributed by atoms with Gasteiger partial charge in [-0.2, -0.15) is 10.5 Å². The molecular formula is C48H42N4. The van der Waals surface area contributed by atoms with E-state index in [0.717, 1.165) is 57.0 Å². The maximum absolute atomic E-state index is 9.29. The minimum Gasteiger partial charge on any atom is -0.228 e. The first-order valence-electron chi connectivity index (χ1n) is 18.6. The quantitative estimate of drug-likeness (QED) is 0.169. The monoisotopic (exact) mass is 674 g/mol. The normalized spacial score (nSPS) is 20.8. The topological polar surface area (TPSA) is 73.4 Å². The Bertz CT molecular complexity index is 2190. The Morgan fingerprint density at radius 2 is 1.00 bits per heavy atom. The van der Waals surface area contributed by atoms with E-state index in [1.54, 1.807) is 29.8 Å². The van der Waals surface area contributed by atoms with E-state index in [-0.39, 0.29) is 0 Å². The molecule has 0 saturated heterocycles. The van der Waals surface area contributed by atoms with Gasteiger partial charge in [0.2, 0.25) is 0 Å². The van der Waals surface area contributed by atoms with Crippen molar-refractivity contribution >= 4 is 0 Å². The van der Waals surface area contributed by atoms with Crippen molar-refractivity contribution in [3.63, 3.8) is 0 Å². The zero-order valence-corrected chi connectivity index (χ0v) is 29.9. The van der Waals surface area contributed by atoms with Crippen LogP contribution in [0.4, 0.5) is 0 Å². The van der Waals surface area contributed by atoms with Crippen molar-refractivity contribution in [3.8, 4) is 68.3 Å². The number of nitrogens with zero attached hydrogens (tertiary/aromatic N) is 4. The smallest absolute Gasteiger partial charge is 0.160 e. The highest BCUT2D eigenvalue weighted by atomic mass is 14.9. The van der Waals surface area contributed by atoms with Gasteiger partial charge in [0.05, 0.1) is 34.7 Å². The maximum atomic E-state index is 9.29. The summed E-state index contributed by atoms with van der Waals surface area (Å²) in [4.78, 5) is 9.91. The van der Waals surface area contributed by atoms with Gasteiger partial charge in [-0.05, 0) is 113 Å². The van der Waals surface area contributed by atoms with E-state index in [9.17, 15) is 10.5 Å². The molecule has 6 aromatic rings. The second-order valence-electron chi connectivity index (χ2n) is 15.2. The van der Waals surface area contributed by atoms with Gasteiger partial charge in [0, 0.05) is 16.7 Å². The van der Waals surface area contributed by atoms with Crippen LogP contribution in [-0.4, -0.2) is 9.97 Å². The molecule has 52 heavy (non-hydrogen) atoms. The third kappa shape index (κ3) is 6.66. The zero-order chi connectivity index (χ0) is 35.7.